The van der Waals surface area contributed by atoms with Gasteiger partial charge in [-0.25, -0.2) is 0 Å². The van der Waals surface area contributed by atoms with E-state index < -0.39 is 11.4 Å². The van der Waals surface area contributed by atoms with E-state index >= 15 is 0 Å². The second kappa shape index (κ2) is 9.76. The molecular formula is C28H30O3. The predicted molar refractivity (Wildman–Crippen MR) is 128 cm³/mol. The minimum atomic E-state index is -1.12. The van der Waals surface area contributed by atoms with E-state index in [4.69, 9.17) is 0 Å². The lowest BCUT2D eigenvalue weighted by Gasteiger charge is -2.21. The average molecular weight is 415 g/mol. The Labute approximate surface area is 184 Å². The van der Waals surface area contributed by atoms with Crippen molar-refractivity contribution in [2.75, 3.05) is 6.61 Å². The van der Waals surface area contributed by atoms with E-state index in [2.05, 4.69) is 80.6 Å². The molecule has 1 atom stereocenters. The molecule has 0 aliphatic carbocycles. The normalized spacial score (nSPS) is 13.3. The molecule has 0 aliphatic heterocycles. The monoisotopic (exact) mass is 414 g/mol. The molecule has 0 aromatic heterocycles. The molecule has 3 aromatic rings. The van der Waals surface area contributed by atoms with E-state index in [1.165, 1.54) is 27.8 Å². The summed E-state index contributed by atoms with van der Waals surface area (Å²) in [7, 11) is 0. The third-order valence-electron chi connectivity index (χ3n) is 6.08. The number of carbonyl (C=O) groups is 1. The summed E-state index contributed by atoms with van der Waals surface area (Å²) >= 11 is 0. The summed E-state index contributed by atoms with van der Waals surface area (Å²) in [5, 5.41) is 18.9. The van der Waals surface area contributed by atoms with Gasteiger partial charge in [-0.2, -0.15) is 0 Å². The Bertz CT molecular complexity index is 1080. The molecule has 3 rings (SSSR count). The summed E-state index contributed by atoms with van der Waals surface area (Å²) in [4.78, 5) is 11.4. The molecule has 31 heavy (non-hydrogen) atoms. The van der Waals surface area contributed by atoms with Crippen LogP contribution in [0.15, 0.2) is 66.7 Å². The zero-order valence-corrected chi connectivity index (χ0v) is 18.4. The van der Waals surface area contributed by atoms with Crippen LogP contribution in [0.25, 0.3) is 23.3 Å². The highest BCUT2D eigenvalue weighted by atomic mass is 16.4. The quantitative estimate of drug-likeness (QED) is 0.434. The van der Waals surface area contributed by atoms with Crippen LogP contribution in [0.4, 0.5) is 0 Å². The minimum absolute atomic E-state index is 0.363. The van der Waals surface area contributed by atoms with E-state index in [-0.39, 0.29) is 6.61 Å². The van der Waals surface area contributed by atoms with Gasteiger partial charge in [0.15, 0.2) is 0 Å². The van der Waals surface area contributed by atoms with Gasteiger partial charge in [0.25, 0.3) is 0 Å². The zero-order chi connectivity index (χ0) is 22.4. The summed E-state index contributed by atoms with van der Waals surface area (Å²) in [5.74, 6) is -0.962. The Morgan fingerprint density at radius 1 is 0.935 bits per heavy atom. The molecule has 3 aromatic carbocycles. The number of carboxylic acid groups (broad SMARTS) is 1. The van der Waals surface area contributed by atoms with Gasteiger partial charge in [-0.15, -0.1) is 0 Å². The van der Waals surface area contributed by atoms with Crippen LogP contribution in [0.5, 0.6) is 0 Å². The van der Waals surface area contributed by atoms with Gasteiger partial charge in [0.05, 0.1) is 12.0 Å². The van der Waals surface area contributed by atoms with E-state index in [1.54, 1.807) is 6.92 Å². The van der Waals surface area contributed by atoms with E-state index in [9.17, 15) is 15.0 Å². The molecule has 0 spiro atoms. The maximum atomic E-state index is 11.4. The van der Waals surface area contributed by atoms with Crippen LogP contribution in [0.1, 0.15) is 41.2 Å². The molecule has 160 valence electrons. The summed E-state index contributed by atoms with van der Waals surface area (Å²) in [6, 6.07) is 23.0. The topological polar surface area (TPSA) is 57.5 Å². The third-order valence-corrected chi connectivity index (χ3v) is 6.08. The minimum Gasteiger partial charge on any atom is -0.481 e. The maximum absolute atomic E-state index is 11.4. The lowest BCUT2D eigenvalue weighted by atomic mass is 9.84. The third kappa shape index (κ3) is 5.31. The molecular weight excluding hydrogens is 384 g/mol. The van der Waals surface area contributed by atoms with Crippen LogP contribution in [-0.4, -0.2) is 22.8 Å². The summed E-state index contributed by atoms with van der Waals surface area (Å²) in [6.07, 6.45) is 5.26. The Balaban J connectivity index is 1.83. The predicted octanol–water partition coefficient (Wildman–Crippen LogP) is 6.16. The first-order valence-electron chi connectivity index (χ1n) is 10.6. The van der Waals surface area contributed by atoms with Crippen molar-refractivity contribution >= 4 is 18.1 Å². The van der Waals surface area contributed by atoms with Gasteiger partial charge < -0.3 is 10.2 Å². The van der Waals surface area contributed by atoms with Crippen LogP contribution in [-0.2, 0) is 11.2 Å². The molecule has 0 radical (unpaired) electrons. The largest absolute Gasteiger partial charge is 0.481 e. The standard InChI is InChI=1S/C28H30O3/c1-20-12-13-22(16-17-28(3,19-29)27(30)31)18-25(20)15-14-23-10-7-11-26(21(23)2)24-8-5-4-6-9-24/h4-15,18,29H,16-17,19H2,1-3H3,(H,30,31)/b15-14+/t28-/m0/s1. The number of rotatable bonds is 8. The smallest absolute Gasteiger partial charge is 0.311 e. The molecule has 0 bridgehead atoms. The molecule has 3 heteroatoms. The van der Waals surface area contributed by atoms with Crippen molar-refractivity contribution < 1.29 is 15.0 Å². The molecule has 0 saturated carbocycles. The van der Waals surface area contributed by atoms with Crippen molar-refractivity contribution in [3.8, 4) is 11.1 Å². The van der Waals surface area contributed by atoms with Crippen molar-refractivity contribution in [3.63, 3.8) is 0 Å². The van der Waals surface area contributed by atoms with Gasteiger partial charge in [-0.05, 0) is 72.6 Å². The summed E-state index contributed by atoms with van der Waals surface area (Å²) < 4.78 is 0. The van der Waals surface area contributed by atoms with Crippen molar-refractivity contribution in [3.05, 3.63) is 94.5 Å². The number of aryl methyl sites for hydroxylation is 2. The Morgan fingerprint density at radius 3 is 2.32 bits per heavy atom. The van der Waals surface area contributed by atoms with Gasteiger partial charge in [-0.3, -0.25) is 4.79 Å². The van der Waals surface area contributed by atoms with Crippen LogP contribution in [0, 0.1) is 19.3 Å². The summed E-state index contributed by atoms with van der Waals surface area (Å²) in [5.41, 5.74) is 7.08. The lowest BCUT2D eigenvalue weighted by Crippen LogP contribution is -2.32. The van der Waals surface area contributed by atoms with E-state index in [0.717, 1.165) is 11.1 Å². The molecule has 0 fully saturated rings. The Hall–Kier alpha value is -3.17. The first-order valence-corrected chi connectivity index (χ1v) is 10.6. The number of aliphatic hydroxyl groups excluding tert-OH is 1. The fourth-order valence-electron chi connectivity index (χ4n) is 3.64. The van der Waals surface area contributed by atoms with Gasteiger partial charge in [-0.1, -0.05) is 78.9 Å². The molecule has 0 aliphatic rings. The van der Waals surface area contributed by atoms with Crippen molar-refractivity contribution in [1.82, 2.24) is 0 Å². The van der Waals surface area contributed by atoms with Gasteiger partial charge in [0.1, 0.15) is 0 Å². The highest BCUT2D eigenvalue weighted by Crippen LogP contribution is 2.28. The fraction of sp³-hybridized carbons (Fsp3) is 0.250. The van der Waals surface area contributed by atoms with Crippen molar-refractivity contribution in [1.29, 1.82) is 0 Å². The highest BCUT2D eigenvalue weighted by molar-refractivity contribution is 5.78. The molecule has 3 nitrogen and oxygen atoms in total. The highest BCUT2D eigenvalue weighted by Gasteiger charge is 2.31. The number of aliphatic hydroxyl groups is 1. The van der Waals surface area contributed by atoms with Crippen LogP contribution in [0.3, 0.4) is 0 Å². The molecule has 0 amide bonds. The van der Waals surface area contributed by atoms with E-state index in [0.29, 0.717) is 12.8 Å². The summed E-state index contributed by atoms with van der Waals surface area (Å²) in [6.45, 7) is 5.45. The van der Waals surface area contributed by atoms with Crippen molar-refractivity contribution in [2.45, 2.75) is 33.6 Å². The average Bonchev–Trinajstić information content (AvgIpc) is 2.78. The van der Waals surface area contributed by atoms with Gasteiger partial charge in [0, 0.05) is 0 Å². The molecule has 0 saturated heterocycles. The first-order chi connectivity index (χ1) is 14.8. The number of hydrogen-bond donors (Lipinski definition) is 2. The molecule has 2 N–H and O–H groups in total. The van der Waals surface area contributed by atoms with Gasteiger partial charge >= 0.3 is 5.97 Å². The van der Waals surface area contributed by atoms with Crippen LogP contribution >= 0.6 is 0 Å². The second-order valence-corrected chi connectivity index (χ2v) is 8.43. The van der Waals surface area contributed by atoms with Crippen LogP contribution in [0.2, 0.25) is 0 Å². The van der Waals surface area contributed by atoms with Crippen molar-refractivity contribution in [2.24, 2.45) is 5.41 Å². The fourth-order valence-corrected chi connectivity index (χ4v) is 3.64. The zero-order valence-electron chi connectivity index (χ0n) is 18.4. The molecule has 0 unspecified atom stereocenters. The van der Waals surface area contributed by atoms with E-state index in [1.807, 2.05) is 12.1 Å². The number of aliphatic carboxylic acids is 1. The number of hydrogen-bond acceptors (Lipinski definition) is 2. The van der Waals surface area contributed by atoms with Gasteiger partial charge in [0.2, 0.25) is 0 Å². The maximum Gasteiger partial charge on any atom is 0.311 e. The lowest BCUT2D eigenvalue weighted by molar-refractivity contribution is -0.150. The van der Waals surface area contributed by atoms with Crippen LogP contribution < -0.4 is 0 Å². The second-order valence-electron chi connectivity index (χ2n) is 8.43. The Morgan fingerprint density at radius 2 is 1.65 bits per heavy atom. The SMILES string of the molecule is Cc1ccc(CC[C@@](C)(CO)C(=O)O)cc1/C=C/c1cccc(-c2ccccc2)c1C. The number of carboxylic acids is 1. The molecule has 0 heterocycles. The number of benzene rings is 3. The Kier molecular flexibility index (Phi) is 7.09. The first kappa shape index (κ1) is 22.5.